The smallest absolute Gasteiger partial charge is 0.253 e. The molecule has 7 nitrogen and oxygen atoms in total. The maximum atomic E-state index is 12.7. The normalized spacial score (nSPS) is 13.9. The number of ether oxygens (including phenoxy) is 1. The minimum absolute atomic E-state index is 0.0109. The van der Waals surface area contributed by atoms with E-state index in [0.29, 0.717) is 10.8 Å². The van der Waals surface area contributed by atoms with Crippen molar-refractivity contribution < 1.29 is 19.1 Å². The topological polar surface area (TPSA) is 96.5 Å². The predicted octanol–water partition coefficient (Wildman–Crippen LogP) is 2.50. The van der Waals surface area contributed by atoms with Gasteiger partial charge in [-0.25, -0.2) is 0 Å². The lowest BCUT2D eigenvalue weighted by Crippen LogP contribution is -2.56. The van der Waals surface area contributed by atoms with Crippen LogP contribution in [0.2, 0.25) is 10.0 Å². The summed E-state index contributed by atoms with van der Waals surface area (Å²) in [5, 5.41) is 8.67. The van der Waals surface area contributed by atoms with Crippen LogP contribution in [0.5, 0.6) is 0 Å². The van der Waals surface area contributed by atoms with Crippen molar-refractivity contribution in [2.24, 2.45) is 0 Å². The Balaban J connectivity index is 2.89. The molecule has 0 fully saturated rings. The van der Waals surface area contributed by atoms with Crippen LogP contribution in [0.15, 0.2) is 18.2 Å². The fourth-order valence-electron chi connectivity index (χ4n) is 2.32. The van der Waals surface area contributed by atoms with Crippen molar-refractivity contribution in [2.75, 3.05) is 25.7 Å². The van der Waals surface area contributed by atoms with Crippen LogP contribution in [0.4, 0.5) is 0 Å². The number of thioether (sulfide) groups is 1. The molecule has 1 rings (SSSR count). The molecule has 0 aliphatic heterocycles. The Kier molecular flexibility index (Phi) is 11.4. The molecule has 1 aromatic rings. The molecule has 3 amide bonds. The first-order valence-corrected chi connectivity index (χ1v) is 11.2. The van der Waals surface area contributed by atoms with Gasteiger partial charge < -0.3 is 20.7 Å². The summed E-state index contributed by atoms with van der Waals surface area (Å²) in [5.74, 6) is -0.985. The first kappa shape index (κ1) is 25.6. The van der Waals surface area contributed by atoms with Crippen LogP contribution in [0.1, 0.15) is 30.6 Å². The molecule has 3 atom stereocenters. The number of nitrogens with one attached hydrogen (secondary N) is 3. The number of hydrogen-bond acceptors (Lipinski definition) is 5. The maximum Gasteiger partial charge on any atom is 0.253 e. The Morgan fingerprint density at radius 3 is 2.34 bits per heavy atom. The zero-order valence-electron chi connectivity index (χ0n) is 16.9. The van der Waals surface area contributed by atoms with Crippen molar-refractivity contribution in [3.8, 4) is 0 Å². The minimum Gasteiger partial charge on any atom is -0.382 e. The molecule has 0 heterocycles. The molecule has 0 spiro atoms. The summed E-state index contributed by atoms with van der Waals surface area (Å²) in [5.41, 5.74) is 0.142. The molecule has 0 saturated heterocycles. The number of carbonyl (C=O) groups is 3. The van der Waals surface area contributed by atoms with Gasteiger partial charge in [-0.3, -0.25) is 14.4 Å². The molecule has 0 aliphatic rings. The highest BCUT2D eigenvalue weighted by atomic mass is 35.5. The van der Waals surface area contributed by atoms with Crippen LogP contribution >= 0.6 is 35.0 Å². The van der Waals surface area contributed by atoms with Crippen LogP contribution in [-0.4, -0.2) is 61.6 Å². The van der Waals surface area contributed by atoms with Crippen molar-refractivity contribution in [3.63, 3.8) is 0 Å². The SMILES string of the molecule is CC[C@@H](C)NC(=O)[C@@H](CSC)NC(=O)[C@H](COC)NC(=O)c1cc(Cl)ccc1Cl. The first-order chi connectivity index (χ1) is 13.7. The summed E-state index contributed by atoms with van der Waals surface area (Å²) < 4.78 is 5.06. The van der Waals surface area contributed by atoms with Gasteiger partial charge in [-0.15, -0.1) is 0 Å². The summed E-state index contributed by atoms with van der Waals surface area (Å²) in [4.78, 5) is 37.8. The number of halogens is 2. The van der Waals surface area contributed by atoms with Crippen LogP contribution in [0.3, 0.4) is 0 Å². The average molecular weight is 464 g/mol. The molecule has 0 aliphatic carbocycles. The molecule has 0 unspecified atom stereocenters. The van der Waals surface area contributed by atoms with Crippen molar-refractivity contribution in [1.82, 2.24) is 16.0 Å². The second-order valence-corrected chi connectivity index (χ2v) is 8.19. The standard InChI is InChI=1S/C19H27Cl2N3O4S/c1-5-11(2)22-19(27)16(10-29-4)24-18(26)15(9-28-3)23-17(25)13-8-12(20)6-7-14(13)21/h6-8,11,15-16H,5,9-10H2,1-4H3,(H,22,27)(H,23,25)(H,24,26)/t11-,15+,16-/m1/s1. The molecule has 0 aromatic heterocycles. The van der Waals surface area contributed by atoms with Gasteiger partial charge in [0.05, 0.1) is 17.2 Å². The van der Waals surface area contributed by atoms with Crippen LogP contribution in [0.25, 0.3) is 0 Å². The van der Waals surface area contributed by atoms with Gasteiger partial charge in [-0.1, -0.05) is 30.1 Å². The van der Waals surface area contributed by atoms with E-state index in [9.17, 15) is 14.4 Å². The van der Waals surface area contributed by atoms with E-state index in [1.165, 1.54) is 31.0 Å². The lowest BCUT2D eigenvalue weighted by atomic mass is 10.1. The lowest BCUT2D eigenvalue weighted by molar-refractivity contribution is -0.130. The number of hydrogen-bond donors (Lipinski definition) is 3. The molecule has 162 valence electrons. The summed E-state index contributed by atoms with van der Waals surface area (Å²) in [6.07, 6.45) is 2.61. The third-order valence-electron chi connectivity index (χ3n) is 4.10. The van der Waals surface area contributed by atoms with E-state index in [-0.39, 0.29) is 29.1 Å². The van der Waals surface area contributed by atoms with E-state index in [1.54, 1.807) is 6.07 Å². The van der Waals surface area contributed by atoms with Crippen molar-refractivity contribution >= 4 is 52.7 Å². The number of carbonyl (C=O) groups excluding carboxylic acids is 3. The zero-order chi connectivity index (χ0) is 22.0. The summed E-state index contributed by atoms with van der Waals surface area (Å²) in [6, 6.07) is 2.71. The maximum absolute atomic E-state index is 12.7. The Morgan fingerprint density at radius 2 is 1.76 bits per heavy atom. The first-order valence-electron chi connectivity index (χ1n) is 9.07. The van der Waals surface area contributed by atoms with E-state index in [2.05, 4.69) is 16.0 Å². The summed E-state index contributed by atoms with van der Waals surface area (Å²) in [7, 11) is 1.41. The van der Waals surface area contributed by atoms with Crippen molar-refractivity contribution in [1.29, 1.82) is 0 Å². The molecule has 1 aromatic carbocycles. The highest BCUT2D eigenvalue weighted by Crippen LogP contribution is 2.20. The van der Waals surface area contributed by atoms with E-state index >= 15 is 0 Å². The van der Waals surface area contributed by atoms with Gasteiger partial charge in [0, 0.05) is 23.9 Å². The van der Waals surface area contributed by atoms with Gasteiger partial charge in [-0.05, 0) is 37.8 Å². The second kappa shape index (κ2) is 13.0. The molecule has 3 N–H and O–H groups in total. The Labute approximate surface area is 185 Å². The van der Waals surface area contributed by atoms with E-state index in [4.69, 9.17) is 27.9 Å². The Bertz CT molecular complexity index is 721. The third kappa shape index (κ3) is 8.42. The number of methoxy groups -OCH3 is 1. The van der Waals surface area contributed by atoms with Gasteiger partial charge >= 0.3 is 0 Å². The molecule has 29 heavy (non-hydrogen) atoms. The van der Waals surface area contributed by atoms with E-state index in [1.807, 2.05) is 20.1 Å². The average Bonchev–Trinajstić information content (AvgIpc) is 2.68. The third-order valence-corrected chi connectivity index (χ3v) is 5.33. The monoisotopic (exact) mass is 463 g/mol. The largest absolute Gasteiger partial charge is 0.382 e. The molecular weight excluding hydrogens is 437 g/mol. The van der Waals surface area contributed by atoms with Gasteiger partial charge in [-0.2, -0.15) is 11.8 Å². The zero-order valence-corrected chi connectivity index (χ0v) is 19.2. The van der Waals surface area contributed by atoms with Gasteiger partial charge in [0.1, 0.15) is 12.1 Å². The van der Waals surface area contributed by atoms with Gasteiger partial charge in [0.15, 0.2) is 0 Å². The van der Waals surface area contributed by atoms with Crippen LogP contribution in [-0.2, 0) is 14.3 Å². The fraction of sp³-hybridized carbons (Fsp3) is 0.526. The molecule has 0 radical (unpaired) electrons. The Morgan fingerprint density at radius 1 is 1.10 bits per heavy atom. The Hall–Kier alpha value is -1.48. The molecule has 10 heteroatoms. The van der Waals surface area contributed by atoms with Crippen molar-refractivity contribution in [2.45, 2.75) is 38.4 Å². The van der Waals surface area contributed by atoms with E-state index < -0.39 is 23.9 Å². The van der Waals surface area contributed by atoms with Gasteiger partial charge in [0.2, 0.25) is 11.8 Å². The quantitative estimate of drug-likeness (QED) is 0.468. The second-order valence-electron chi connectivity index (χ2n) is 6.44. The summed E-state index contributed by atoms with van der Waals surface area (Å²) >= 11 is 13.4. The summed E-state index contributed by atoms with van der Waals surface area (Å²) in [6.45, 7) is 3.77. The molecular formula is C19H27Cl2N3O4S. The lowest BCUT2D eigenvalue weighted by Gasteiger charge is -2.23. The molecule has 0 saturated carbocycles. The van der Waals surface area contributed by atoms with Gasteiger partial charge in [0.25, 0.3) is 5.91 Å². The number of benzene rings is 1. The fourth-order valence-corrected chi connectivity index (χ4v) is 3.27. The predicted molar refractivity (Wildman–Crippen MR) is 118 cm³/mol. The highest BCUT2D eigenvalue weighted by molar-refractivity contribution is 7.98. The van der Waals surface area contributed by atoms with Crippen LogP contribution < -0.4 is 16.0 Å². The van der Waals surface area contributed by atoms with Crippen LogP contribution in [0, 0.1) is 0 Å². The molecule has 0 bridgehead atoms. The van der Waals surface area contributed by atoms with Crippen molar-refractivity contribution in [3.05, 3.63) is 33.8 Å². The van der Waals surface area contributed by atoms with E-state index in [0.717, 1.165) is 6.42 Å². The number of amides is 3. The highest BCUT2D eigenvalue weighted by Gasteiger charge is 2.27. The number of rotatable bonds is 11. The minimum atomic E-state index is -1.01.